The standard InChI is InChI=1S/C8H16N2O5/c1-4(3-11)6(14)8(10,7(9)15)2-5(12)13/h4,6,11,14H,2-3,10H2,1H3,(H2,9,15)(H,12,13)/t4?,6?,8-/m1/s1. The number of aliphatic hydroxyl groups excluding tert-OH is 2. The zero-order valence-electron chi connectivity index (χ0n) is 8.38. The van der Waals surface area contributed by atoms with Gasteiger partial charge < -0.3 is 26.8 Å². The van der Waals surface area contributed by atoms with Crippen LogP contribution in [0.5, 0.6) is 0 Å². The lowest BCUT2D eigenvalue weighted by Gasteiger charge is -2.32. The fraction of sp³-hybridized carbons (Fsp3) is 0.750. The molecule has 88 valence electrons. The summed E-state index contributed by atoms with van der Waals surface area (Å²) in [6.45, 7) is 1.00. The maximum absolute atomic E-state index is 11.0. The van der Waals surface area contributed by atoms with Gasteiger partial charge in [0.1, 0.15) is 5.54 Å². The Kier molecular flexibility index (Phi) is 4.66. The molecule has 0 saturated carbocycles. The monoisotopic (exact) mass is 220 g/mol. The highest BCUT2D eigenvalue weighted by Gasteiger charge is 2.44. The molecule has 0 heterocycles. The van der Waals surface area contributed by atoms with Crippen LogP contribution < -0.4 is 11.5 Å². The molecule has 2 unspecified atom stereocenters. The van der Waals surface area contributed by atoms with Gasteiger partial charge in [-0.3, -0.25) is 9.59 Å². The van der Waals surface area contributed by atoms with Crippen molar-refractivity contribution in [3.05, 3.63) is 0 Å². The lowest BCUT2D eigenvalue weighted by molar-refractivity contribution is -0.145. The van der Waals surface area contributed by atoms with Gasteiger partial charge >= 0.3 is 5.97 Å². The predicted molar refractivity (Wildman–Crippen MR) is 50.6 cm³/mol. The van der Waals surface area contributed by atoms with Crippen LogP contribution in [0.25, 0.3) is 0 Å². The fourth-order valence-corrected chi connectivity index (χ4v) is 1.20. The predicted octanol–water partition coefficient (Wildman–Crippen LogP) is -2.37. The van der Waals surface area contributed by atoms with E-state index >= 15 is 0 Å². The van der Waals surface area contributed by atoms with Crippen LogP contribution in [-0.2, 0) is 9.59 Å². The molecule has 0 rings (SSSR count). The van der Waals surface area contributed by atoms with Gasteiger partial charge in [-0.25, -0.2) is 0 Å². The number of aliphatic carboxylic acids is 1. The van der Waals surface area contributed by atoms with E-state index in [-0.39, 0.29) is 0 Å². The number of nitrogens with two attached hydrogens (primary N) is 2. The molecule has 3 atom stereocenters. The van der Waals surface area contributed by atoms with Gasteiger partial charge in [-0.2, -0.15) is 0 Å². The first-order valence-electron chi connectivity index (χ1n) is 4.35. The van der Waals surface area contributed by atoms with Gasteiger partial charge in [-0.15, -0.1) is 0 Å². The van der Waals surface area contributed by atoms with Crippen LogP contribution in [0.4, 0.5) is 0 Å². The van der Waals surface area contributed by atoms with Crippen LogP contribution in [0.1, 0.15) is 13.3 Å². The summed E-state index contributed by atoms with van der Waals surface area (Å²) >= 11 is 0. The SMILES string of the molecule is CC(CO)C(O)[C@](N)(CC(=O)O)C(N)=O. The molecule has 0 saturated heterocycles. The van der Waals surface area contributed by atoms with Crippen molar-refractivity contribution in [3.8, 4) is 0 Å². The summed E-state index contributed by atoms with van der Waals surface area (Å²) in [5, 5.41) is 26.9. The van der Waals surface area contributed by atoms with Crippen LogP contribution in [0, 0.1) is 5.92 Å². The van der Waals surface area contributed by atoms with E-state index in [1.165, 1.54) is 6.92 Å². The smallest absolute Gasteiger partial charge is 0.305 e. The minimum atomic E-state index is -2.06. The quantitative estimate of drug-likeness (QED) is 0.338. The summed E-state index contributed by atoms with van der Waals surface area (Å²) in [6, 6.07) is 0. The number of hydrogen-bond donors (Lipinski definition) is 5. The highest BCUT2D eigenvalue weighted by molar-refractivity contribution is 5.89. The normalized spacial score (nSPS) is 18.9. The number of rotatable bonds is 6. The zero-order valence-corrected chi connectivity index (χ0v) is 8.38. The molecule has 0 aromatic carbocycles. The number of carboxylic acids is 1. The highest BCUT2D eigenvalue weighted by atomic mass is 16.4. The van der Waals surface area contributed by atoms with E-state index in [2.05, 4.69) is 0 Å². The summed E-state index contributed by atoms with van der Waals surface area (Å²) in [5.74, 6) is -3.19. The van der Waals surface area contributed by atoms with Gasteiger partial charge in [-0.1, -0.05) is 6.92 Å². The van der Waals surface area contributed by atoms with Crippen molar-refractivity contribution in [1.82, 2.24) is 0 Å². The maximum Gasteiger partial charge on any atom is 0.305 e. The van der Waals surface area contributed by atoms with Crippen LogP contribution in [0.2, 0.25) is 0 Å². The van der Waals surface area contributed by atoms with Crippen LogP contribution >= 0.6 is 0 Å². The third kappa shape index (κ3) is 3.15. The molecule has 0 bridgehead atoms. The topological polar surface area (TPSA) is 147 Å². The molecule has 0 aliphatic heterocycles. The molecular weight excluding hydrogens is 204 g/mol. The first kappa shape index (κ1) is 13.8. The molecule has 0 aromatic rings. The van der Waals surface area contributed by atoms with Gasteiger partial charge in [0, 0.05) is 12.5 Å². The molecule has 0 spiro atoms. The van der Waals surface area contributed by atoms with Crippen molar-refractivity contribution < 1.29 is 24.9 Å². The minimum absolute atomic E-state index is 0.424. The lowest BCUT2D eigenvalue weighted by atomic mass is 9.82. The molecule has 7 N–H and O–H groups in total. The Morgan fingerprint density at radius 2 is 1.93 bits per heavy atom. The molecule has 0 aromatic heterocycles. The lowest BCUT2D eigenvalue weighted by Crippen LogP contribution is -2.63. The van der Waals surface area contributed by atoms with Gasteiger partial charge in [0.2, 0.25) is 5.91 Å². The second-order valence-corrected chi connectivity index (χ2v) is 3.58. The van der Waals surface area contributed by atoms with Crippen molar-refractivity contribution >= 4 is 11.9 Å². The highest BCUT2D eigenvalue weighted by Crippen LogP contribution is 2.19. The molecule has 0 aliphatic rings. The largest absolute Gasteiger partial charge is 0.481 e. The Balaban J connectivity index is 4.93. The number of hydrogen-bond acceptors (Lipinski definition) is 5. The maximum atomic E-state index is 11.0. The second-order valence-electron chi connectivity index (χ2n) is 3.58. The zero-order chi connectivity index (χ0) is 12.2. The molecule has 1 amide bonds. The van der Waals surface area contributed by atoms with Crippen molar-refractivity contribution in [2.45, 2.75) is 25.0 Å². The molecular formula is C8H16N2O5. The molecule has 15 heavy (non-hydrogen) atoms. The first-order valence-corrected chi connectivity index (χ1v) is 4.35. The third-order valence-corrected chi connectivity index (χ3v) is 2.26. The first-order chi connectivity index (χ1) is 6.75. The number of carbonyl (C=O) groups is 2. The van der Waals surface area contributed by atoms with Crippen molar-refractivity contribution in [2.24, 2.45) is 17.4 Å². The van der Waals surface area contributed by atoms with Gasteiger partial charge in [-0.05, 0) is 0 Å². The number of amides is 1. The number of aliphatic hydroxyl groups is 2. The summed E-state index contributed by atoms with van der Waals surface area (Å²) in [7, 11) is 0. The van der Waals surface area contributed by atoms with Crippen LogP contribution in [0.15, 0.2) is 0 Å². The van der Waals surface area contributed by atoms with E-state index in [1.807, 2.05) is 0 Å². The van der Waals surface area contributed by atoms with E-state index < -0.39 is 42.5 Å². The summed E-state index contributed by atoms with van der Waals surface area (Å²) in [6.07, 6.45) is -2.29. The van der Waals surface area contributed by atoms with Crippen LogP contribution in [-0.4, -0.2) is 45.4 Å². The van der Waals surface area contributed by atoms with Crippen molar-refractivity contribution in [3.63, 3.8) is 0 Å². The number of carboxylic acid groups (broad SMARTS) is 1. The summed E-state index contributed by atoms with van der Waals surface area (Å²) in [5.41, 5.74) is 8.33. The van der Waals surface area contributed by atoms with E-state index in [9.17, 15) is 14.7 Å². The van der Waals surface area contributed by atoms with Gasteiger partial charge in [0.05, 0.1) is 12.5 Å². The molecule has 0 radical (unpaired) electrons. The summed E-state index contributed by atoms with van der Waals surface area (Å²) < 4.78 is 0. The second kappa shape index (κ2) is 5.06. The molecule has 7 nitrogen and oxygen atoms in total. The van der Waals surface area contributed by atoms with E-state index in [1.54, 1.807) is 0 Å². The molecule has 0 aliphatic carbocycles. The molecule has 7 heteroatoms. The van der Waals surface area contributed by atoms with Gasteiger partial charge in [0.25, 0.3) is 0 Å². The Morgan fingerprint density at radius 1 is 1.47 bits per heavy atom. The Hall–Kier alpha value is -1.18. The number of carbonyl (C=O) groups excluding carboxylic acids is 1. The van der Waals surface area contributed by atoms with E-state index in [0.29, 0.717) is 0 Å². The Labute approximate surface area is 86.7 Å². The third-order valence-electron chi connectivity index (χ3n) is 2.26. The molecule has 0 fully saturated rings. The fourth-order valence-electron chi connectivity index (χ4n) is 1.20. The van der Waals surface area contributed by atoms with Crippen molar-refractivity contribution in [1.29, 1.82) is 0 Å². The Morgan fingerprint density at radius 3 is 2.20 bits per heavy atom. The Bertz CT molecular complexity index is 257. The van der Waals surface area contributed by atoms with Crippen molar-refractivity contribution in [2.75, 3.05) is 6.61 Å². The van der Waals surface area contributed by atoms with E-state index in [0.717, 1.165) is 0 Å². The van der Waals surface area contributed by atoms with E-state index in [4.69, 9.17) is 21.7 Å². The minimum Gasteiger partial charge on any atom is -0.481 e. The van der Waals surface area contributed by atoms with Gasteiger partial charge in [0.15, 0.2) is 0 Å². The average Bonchev–Trinajstić information content (AvgIpc) is 2.13. The summed E-state index contributed by atoms with van der Waals surface area (Å²) in [4.78, 5) is 21.5. The average molecular weight is 220 g/mol. The number of primary amides is 1. The van der Waals surface area contributed by atoms with Crippen LogP contribution in [0.3, 0.4) is 0 Å².